The molecule has 0 aliphatic rings. The Morgan fingerprint density at radius 2 is 1.47 bits per heavy atom. The maximum absolute atomic E-state index is 12.9. The number of carboxylic acids is 1. The summed E-state index contributed by atoms with van der Waals surface area (Å²) >= 11 is 0. The third-order valence-electron chi connectivity index (χ3n) is 4.62. The van der Waals surface area contributed by atoms with E-state index in [1.165, 1.54) is 6.92 Å². The third-order valence-corrected chi connectivity index (χ3v) is 4.62. The molecule has 0 rings (SSSR count). The molecule has 0 saturated heterocycles. The Kier molecular flexibility index (Phi) is 12.9. The van der Waals surface area contributed by atoms with Crippen LogP contribution in [0.4, 0.5) is 0 Å². The van der Waals surface area contributed by atoms with Gasteiger partial charge in [-0.15, -0.1) is 0 Å². The average Bonchev–Trinajstić information content (AvgIpc) is 2.64. The van der Waals surface area contributed by atoms with Crippen molar-refractivity contribution >= 4 is 23.7 Å². The second-order valence-corrected chi connectivity index (χ2v) is 8.38. The van der Waals surface area contributed by atoms with Crippen molar-refractivity contribution in [3.8, 4) is 0 Å². The van der Waals surface area contributed by atoms with E-state index in [1.807, 2.05) is 13.8 Å². The standard InChI is InChI=1S/C20H39N5O5/c1-11(2)10-15(24-17(26)14(22)8-6-7-9-21)18(27)25-16(12(3)4)19(28)23-13(5)20(29)30/h11-16H,6-10,21-22H2,1-5H3,(H,23,28)(H,24,26)(H,25,27)(H,29,30). The fraction of sp³-hybridized carbons (Fsp3) is 0.800. The highest BCUT2D eigenvalue weighted by molar-refractivity contribution is 5.94. The lowest BCUT2D eigenvalue weighted by Gasteiger charge is -2.27. The van der Waals surface area contributed by atoms with E-state index in [-0.39, 0.29) is 11.8 Å². The summed E-state index contributed by atoms with van der Waals surface area (Å²) in [6.45, 7) is 9.15. The van der Waals surface area contributed by atoms with Gasteiger partial charge in [-0.05, 0) is 44.6 Å². The molecular formula is C20H39N5O5. The summed E-state index contributed by atoms with van der Waals surface area (Å²) in [5.74, 6) is -2.90. The van der Waals surface area contributed by atoms with Gasteiger partial charge in [0.15, 0.2) is 0 Å². The highest BCUT2D eigenvalue weighted by Gasteiger charge is 2.31. The quantitative estimate of drug-likeness (QED) is 0.205. The van der Waals surface area contributed by atoms with Crippen molar-refractivity contribution in [1.29, 1.82) is 0 Å². The van der Waals surface area contributed by atoms with Crippen LogP contribution < -0.4 is 27.4 Å². The lowest BCUT2D eigenvalue weighted by molar-refractivity contribution is -0.142. The first-order chi connectivity index (χ1) is 13.9. The molecule has 3 amide bonds. The number of hydrogen-bond donors (Lipinski definition) is 6. The number of amides is 3. The maximum Gasteiger partial charge on any atom is 0.325 e. The van der Waals surface area contributed by atoms with Crippen LogP contribution in [0, 0.1) is 11.8 Å². The summed E-state index contributed by atoms with van der Waals surface area (Å²) in [5.41, 5.74) is 11.4. The largest absolute Gasteiger partial charge is 0.480 e. The lowest BCUT2D eigenvalue weighted by Crippen LogP contribution is -2.58. The Bertz CT molecular complexity index is 582. The molecule has 0 aromatic heterocycles. The van der Waals surface area contributed by atoms with Crippen LogP contribution in [0.2, 0.25) is 0 Å². The minimum absolute atomic E-state index is 0.105. The number of unbranched alkanes of at least 4 members (excludes halogenated alkanes) is 1. The first-order valence-electron chi connectivity index (χ1n) is 10.5. The number of nitrogens with one attached hydrogen (secondary N) is 3. The molecule has 174 valence electrons. The first-order valence-corrected chi connectivity index (χ1v) is 10.5. The van der Waals surface area contributed by atoms with Crippen LogP contribution in [0.15, 0.2) is 0 Å². The van der Waals surface area contributed by atoms with Crippen LogP contribution in [0.25, 0.3) is 0 Å². The molecule has 0 radical (unpaired) electrons. The molecule has 10 nitrogen and oxygen atoms in total. The Morgan fingerprint density at radius 1 is 0.867 bits per heavy atom. The normalized spacial score (nSPS) is 15.2. The van der Waals surface area contributed by atoms with Gasteiger partial charge in [0.25, 0.3) is 0 Å². The van der Waals surface area contributed by atoms with Crippen LogP contribution >= 0.6 is 0 Å². The van der Waals surface area contributed by atoms with Crippen molar-refractivity contribution < 1.29 is 24.3 Å². The molecule has 0 aromatic carbocycles. The molecule has 0 spiro atoms. The Labute approximate surface area is 178 Å². The summed E-state index contributed by atoms with van der Waals surface area (Å²) in [4.78, 5) is 48.7. The van der Waals surface area contributed by atoms with Crippen molar-refractivity contribution in [1.82, 2.24) is 16.0 Å². The van der Waals surface area contributed by atoms with Crippen LogP contribution in [0.3, 0.4) is 0 Å². The number of carbonyl (C=O) groups excluding carboxylic acids is 3. The van der Waals surface area contributed by atoms with Crippen molar-refractivity contribution in [3.63, 3.8) is 0 Å². The number of aliphatic carboxylic acids is 1. The Balaban J connectivity index is 5.18. The van der Waals surface area contributed by atoms with Crippen LogP contribution in [0.1, 0.15) is 60.3 Å². The van der Waals surface area contributed by atoms with Gasteiger partial charge in [-0.25, -0.2) is 0 Å². The fourth-order valence-corrected chi connectivity index (χ4v) is 2.78. The van der Waals surface area contributed by atoms with E-state index in [0.29, 0.717) is 25.8 Å². The molecule has 0 aliphatic heterocycles. The minimum Gasteiger partial charge on any atom is -0.480 e. The van der Waals surface area contributed by atoms with Crippen molar-refractivity contribution in [2.45, 2.75) is 84.5 Å². The van der Waals surface area contributed by atoms with E-state index in [9.17, 15) is 19.2 Å². The van der Waals surface area contributed by atoms with E-state index in [1.54, 1.807) is 13.8 Å². The molecule has 0 aromatic rings. The van der Waals surface area contributed by atoms with Gasteiger partial charge in [0, 0.05) is 0 Å². The van der Waals surface area contributed by atoms with Gasteiger partial charge in [-0.3, -0.25) is 19.2 Å². The number of rotatable bonds is 14. The Hall–Kier alpha value is -2.20. The summed E-state index contributed by atoms with van der Waals surface area (Å²) in [6.07, 6.45) is 2.30. The van der Waals surface area contributed by atoms with E-state index >= 15 is 0 Å². The summed E-state index contributed by atoms with van der Waals surface area (Å²) in [7, 11) is 0. The molecule has 0 heterocycles. The molecule has 10 heteroatoms. The Morgan fingerprint density at radius 3 is 1.93 bits per heavy atom. The molecular weight excluding hydrogens is 390 g/mol. The van der Waals surface area contributed by atoms with Crippen LogP contribution in [0.5, 0.6) is 0 Å². The zero-order chi connectivity index (χ0) is 23.4. The first kappa shape index (κ1) is 27.8. The average molecular weight is 430 g/mol. The summed E-state index contributed by atoms with van der Waals surface area (Å²) in [6, 6.07) is -3.64. The van der Waals surface area contributed by atoms with Crippen LogP contribution in [-0.2, 0) is 19.2 Å². The predicted molar refractivity (Wildman–Crippen MR) is 114 cm³/mol. The highest BCUT2D eigenvalue weighted by Crippen LogP contribution is 2.09. The van der Waals surface area contributed by atoms with Crippen molar-refractivity contribution in [3.05, 3.63) is 0 Å². The van der Waals surface area contributed by atoms with Gasteiger partial charge < -0.3 is 32.5 Å². The van der Waals surface area contributed by atoms with Gasteiger partial charge in [0.05, 0.1) is 6.04 Å². The van der Waals surface area contributed by atoms with Crippen molar-refractivity contribution in [2.75, 3.05) is 6.54 Å². The maximum atomic E-state index is 12.9. The lowest BCUT2D eigenvalue weighted by atomic mass is 9.99. The molecule has 30 heavy (non-hydrogen) atoms. The predicted octanol–water partition coefficient (Wildman–Crippen LogP) is -0.296. The van der Waals surface area contributed by atoms with Gasteiger partial charge in [0.2, 0.25) is 17.7 Å². The molecule has 0 bridgehead atoms. The van der Waals surface area contributed by atoms with Gasteiger partial charge in [-0.1, -0.05) is 34.1 Å². The number of nitrogens with two attached hydrogens (primary N) is 2. The summed E-state index contributed by atoms with van der Waals surface area (Å²) < 4.78 is 0. The monoisotopic (exact) mass is 429 g/mol. The number of carbonyl (C=O) groups is 4. The topological polar surface area (TPSA) is 177 Å². The zero-order valence-electron chi connectivity index (χ0n) is 18.7. The SMILES string of the molecule is CC(C)CC(NC(=O)C(N)CCCCN)C(=O)NC(C(=O)NC(C)C(=O)O)C(C)C. The molecule has 4 unspecified atom stereocenters. The van der Waals surface area contributed by atoms with Gasteiger partial charge >= 0.3 is 5.97 Å². The molecule has 8 N–H and O–H groups in total. The van der Waals surface area contributed by atoms with E-state index in [4.69, 9.17) is 16.6 Å². The summed E-state index contributed by atoms with van der Waals surface area (Å²) in [5, 5.41) is 16.7. The fourth-order valence-electron chi connectivity index (χ4n) is 2.78. The number of hydrogen-bond acceptors (Lipinski definition) is 6. The smallest absolute Gasteiger partial charge is 0.325 e. The van der Waals surface area contributed by atoms with E-state index in [0.717, 1.165) is 6.42 Å². The van der Waals surface area contributed by atoms with E-state index < -0.39 is 47.9 Å². The second kappa shape index (κ2) is 13.9. The molecule has 0 fully saturated rings. The molecule has 4 atom stereocenters. The third kappa shape index (κ3) is 10.5. The van der Waals surface area contributed by atoms with Gasteiger partial charge in [-0.2, -0.15) is 0 Å². The highest BCUT2D eigenvalue weighted by atomic mass is 16.4. The minimum atomic E-state index is -1.18. The van der Waals surface area contributed by atoms with Crippen molar-refractivity contribution in [2.24, 2.45) is 23.3 Å². The zero-order valence-corrected chi connectivity index (χ0v) is 18.7. The second-order valence-electron chi connectivity index (χ2n) is 8.38. The van der Waals surface area contributed by atoms with Crippen LogP contribution in [-0.4, -0.2) is 59.5 Å². The molecule has 0 aliphatic carbocycles. The van der Waals surface area contributed by atoms with Gasteiger partial charge in [0.1, 0.15) is 18.1 Å². The molecule has 0 saturated carbocycles. The van der Waals surface area contributed by atoms with E-state index in [2.05, 4.69) is 16.0 Å². The number of carboxylic acid groups (broad SMARTS) is 1.